The van der Waals surface area contributed by atoms with E-state index in [9.17, 15) is 9.59 Å². The maximum Gasteiger partial charge on any atom is 0.323 e. The van der Waals surface area contributed by atoms with Gasteiger partial charge in [0.05, 0.1) is 5.56 Å². The maximum atomic E-state index is 12.1. The number of carboxylic acids is 1. The number of aliphatic carboxylic acids is 1. The van der Waals surface area contributed by atoms with Gasteiger partial charge in [-0.1, -0.05) is 0 Å². The molecule has 0 atom stereocenters. The van der Waals surface area contributed by atoms with Crippen LogP contribution in [0.2, 0.25) is 0 Å². The minimum absolute atomic E-state index is 0.122. The van der Waals surface area contributed by atoms with Crippen LogP contribution in [-0.4, -0.2) is 34.5 Å². The zero-order valence-electron chi connectivity index (χ0n) is 9.56. The van der Waals surface area contributed by atoms with Gasteiger partial charge in [-0.3, -0.25) is 9.59 Å². The number of carboxylic acid groups (broad SMARTS) is 1. The van der Waals surface area contributed by atoms with Gasteiger partial charge in [0.25, 0.3) is 5.91 Å². The van der Waals surface area contributed by atoms with Gasteiger partial charge in [-0.25, -0.2) is 0 Å². The molecular weight excluding hydrogens is 226 g/mol. The van der Waals surface area contributed by atoms with Gasteiger partial charge in [-0.2, -0.15) is 11.3 Å². The molecule has 0 aromatic carbocycles. The van der Waals surface area contributed by atoms with Crippen LogP contribution in [0.1, 0.15) is 29.8 Å². The van der Waals surface area contributed by atoms with E-state index in [0.717, 1.165) is 5.56 Å². The molecule has 0 aliphatic rings. The highest BCUT2D eigenvalue weighted by molar-refractivity contribution is 7.08. The van der Waals surface area contributed by atoms with Gasteiger partial charge in [0.15, 0.2) is 0 Å². The summed E-state index contributed by atoms with van der Waals surface area (Å²) in [6.45, 7) is 5.21. The van der Waals surface area contributed by atoms with Crippen molar-refractivity contribution in [3.05, 3.63) is 21.9 Å². The van der Waals surface area contributed by atoms with Crippen molar-refractivity contribution in [1.82, 2.24) is 4.90 Å². The van der Waals surface area contributed by atoms with E-state index in [0.29, 0.717) is 5.56 Å². The molecule has 0 aliphatic carbocycles. The van der Waals surface area contributed by atoms with Gasteiger partial charge in [-0.15, -0.1) is 0 Å². The number of thiophene rings is 1. The molecule has 0 saturated carbocycles. The molecule has 0 aliphatic heterocycles. The van der Waals surface area contributed by atoms with Crippen LogP contribution in [0.5, 0.6) is 0 Å². The lowest BCUT2D eigenvalue weighted by molar-refractivity contribution is -0.138. The van der Waals surface area contributed by atoms with Gasteiger partial charge in [-0.05, 0) is 31.7 Å². The minimum Gasteiger partial charge on any atom is -0.480 e. The second-order valence-electron chi connectivity index (χ2n) is 3.89. The van der Waals surface area contributed by atoms with Gasteiger partial charge in [0, 0.05) is 11.4 Å². The normalized spacial score (nSPS) is 10.5. The molecular formula is C11H15NO3S. The Kier molecular flexibility index (Phi) is 4.06. The zero-order chi connectivity index (χ0) is 12.3. The highest BCUT2D eigenvalue weighted by Crippen LogP contribution is 2.17. The first-order valence-corrected chi connectivity index (χ1v) is 5.93. The second-order valence-corrected chi connectivity index (χ2v) is 4.63. The van der Waals surface area contributed by atoms with Crippen LogP contribution in [0, 0.1) is 6.92 Å². The number of rotatable bonds is 4. The van der Waals surface area contributed by atoms with Crippen LogP contribution >= 0.6 is 11.3 Å². The Balaban J connectivity index is 2.92. The van der Waals surface area contributed by atoms with Crippen molar-refractivity contribution < 1.29 is 14.7 Å². The van der Waals surface area contributed by atoms with Crippen LogP contribution in [0.4, 0.5) is 0 Å². The Hall–Kier alpha value is -1.36. The lowest BCUT2D eigenvalue weighted by Crippen LogP contribution is -2.40. The number of carbonyl (C=O) groups excluding carboxylic acids is 1. The third kappa shape index (κ3) is 2.82. The summed E-state index contributed by atoms with van der Waals surface area (Å²) in [4.78, 5) is 24.1. The summed E-state index contributed by atoms with van der Waals surface area (Å²) in [5.41, 5.74) is 1.49. The zero-order valence-corrected chi connectivity index (χ0v) is 10.4. The monoisotopic (exact) mass is 241 g/mol. The minimum atomic E-state index is -0.991. The molecule has 0 unspecified atom stereocenters. The van der Waals surface area contributed by atoms with E-state index >= 15 is 0 Å². The SMILES string of the molecule is Cc1cscc1C(=O)N(CC(=O)O)C(C)C. The van der Waals surface area contributed by atoms with Crippen molar-refractivity contribution in [2.45, 2.75) is 26.8 Å². The largest absolute Gasteiger partial charge is 0.480 e. The quantitative estimate of drug-likeness (QED) is 0.877. The van der Waals surface area contributed by atoms with E-state index in [1.54, 1.807) is 5.38 Å². The molecule has 0 bridgehead atoms. The van der Waals surface area contributed by atoms with E-state index in [1.807, 2.05) is 26.2 Å². The van der Waals surface area contributed by atoms with Crippen molar-refractivity contribution in [2.75, 3.05) is 6.54 Å². The van der Waals surface area contributed by atoms with E-state index in [1.165, 1.54) is 16.2 Å². The molecule has 16 heavy (non-hydrogen) atoms. The Bertz CT molecular complexity index is 398. The van der Waals surface area contributed by atoms with E-state index in [4.69, 9.17) is 5.11 Å². The van der Waals surface area contributed by atoms with Crippen molar-refractivity contribution in [3.63, 3.8) is 0 Å². The number of nitrogens with zero attached hydrogens (tertiary/aromatic N) is 1. The smallest absolute Gasteiger partial charge is 0.323 e. The lowest BCUT2D eigenvalue weighted by atomic mass is 10.1. The second kappa shape index (κ2) is 5.12. The Morgan fingerprint density at radius 1 is 1.44 bits per heavy atom. The van der Waals surface area contributed by atoms with Gasteiger partial charge in [0.2, 0.25) is 0 Å². The topological polar surface area (TPSA) is 57.6 Å². The Morgan fingerprint density at radius 3 is 2.44 bits per heavy atom. The molecule has 1 N–H and O–H groups in total. The van der Waals surface area contributed by atoms with E-state index in [-0.39, 0.29) is 18.5 Å². The fourth-order valence-corrected chi connectivity index (χ4v) is 2.19. The first kappa shape index (κ1) is 12.7. The Morgan fingerprint density at radius 2 is 2.06 bits per heavy atom. The van der Waals surface area contributed by atoms with Crippen molar-refractivity contribution >= 4 is 23.2 Å². The maximum absolute atomic E-state index is 12.1. The van der Waals surface area contributed by atoms with Crippen molar-refractivity contribution in [1.29, 1.82) is 0 Å². The van der Waals surface area contributed by atoms with E-state index < -0.39 is 5.97 Å². The fraction of sp³-hybridized carbons (Fsp3) is 0.455. The molecule has 0 saturated heterocycles. The summed E-state index contributed by atoms with van der Waals surface area (Å²) in [6.07, 6.45) is 0. The number of amides is 1. The third-order valence-corrected chi connectivity index (χ3v) is 3.14. The molecule has 88 valence electrons. The molecule has 0 fully saturated rings. The van der Waals surface area contributed by atoms with Gasteiger partial charge >= 0.3 is 5.97 Å². The molecule has 1 amide bonds. The van der Waals surface area contributed by atoms with Gasteiger partial charge < -0.3 is 10.0 Å². The fourth-order valence-electron chi connectivity index (χ4n) is 1.37. The highest BCUT2D eigenvalue weighted by Gasteiger charge is 2.22. The average molecular weight is 241 g/mol. The summed E-state index contributed by atoms with van der Waals surface area (Å²) in [5.74, 6) is -1.20. The van der Waals surface area contributed by atoms with Gasteiger partial charge in [0.1, 0.15) is 6.54 Å². The number of hydrogen-bond acceptors (Lipinski definition) is 3. The van der Waals surface area contributed by atoms with Crippen LogP contribution in [0.15, 0.2) is 10.8 Å². The predicted molar refractivity (Wildman–Crippen MR) is 62.9 cm³/mol. The molecule has 1 aromatic rings. The van der Waals surface area contributed by atoms with Crippen LogP contribution in [0.25, 0.3) is 0 Å². The van der Waals surface area contributed by atoms with E-state index in [2.05, 4.69) is 0 Å². The molecule has 0 radical (unpaired) electrons. The summed E-state index contributed by atoms with van der Waals surface area (Å²) in [6, 6.07) is -0.122. The van der Waals surface area contributed by atoms with Crippen LogP contribution in [0.3, 0.4) is 0 Å². The summed E-state index contributed by atoms with van der Waals surface area (Å²) >= 11 is 1.45. The van der Waals surface area contributed by atoms with Crippen LogP contribution in [-0.2, 0) is 4.79 Å². The highest BCUT2D eigenvalue weighted by atomic mass is 32.1. The summed E-state index contributed by atoms with van der Waals surface area (Å²) in [7, 11) is 0. The summed E-state index contributed by atoms with van der Waals surface area (Å²) in [5, 5.41) is 12.4. The first-order chi connectivity index (χ1) is 7.43. The number of hydrogen-bond donors (Lipinski definition) is 1. The predicted octanol–water partition coefficient (Wildman–Crippen LogP) is 1.99. The third-order valence-electron chi connectivity index (χ3n) is 2.28. The molecule has 1 rings (SSSR count). The van der Waals surface area contributed by atoms with Crippen molar-refractivity contribution in [2.24, 2.45) is 0 Å². The molecule has 4 nitrogen and oxygen atoms in total. The number of carbonyl (C=O) groups is 2. The first-order valence-electron chi connectivity index (χ1n) is 4.99. The molecule has 1 heterocycles. The Labute approximate surface area is 98.5 Å². The molecule has 0 spiro atoms. The average Bonchev–Trinajstić information content (AvgIpc) is 2.59. The van der Waals surface area contributed by atoms with Crippen LogP contribution < -0.4 is 0 Å². The molecule has 1 aromatic heterocycles. The van der Waals surface area contributed by atoms with Crippen molar-refractivity contribution in [3.8, 4) is 0 Å². The standard InChI is InChI=1S/C11H15NO3S/c1-7(2)12(4-10(13)14)11(15)9-6-16-5-8(9)3/h5-7H,4H2,1-3H3,(H,13,14). The lowest BCUT2D eigenvalue weighted by Gasteiger charge is -2.24. The number of aryl methyl sites for hydroxylation is 1. The summed E-state index contributed by atoms with van der Waals surface area (Å²) < 4.78 is 0. The molecule has 5 heteroatoms.